The van der Waals surface area contributed by atoms with Crippen molar-refractivity contribution < 1.29 is 19.2 Å². The number of fused-ring (bicyclic) bond motifs is 1. The number of hydrogen-bond acceptors (Lipinski definition) is 4. The molecular formula is C25H28N4O4. The van der Waals surface area contributed by atoms with Crippen LogP contribution in [0.3, 0.4) is 0 Å². The lowest BCUT2D eigenvalue weighted by molar-refractivity contribution is -0.130. The third-order valence-electron chi connectivity index (χ3n) is 6.04. The van der Waals surface area contributed by atoms with Gasteiger partial charge in [-0.3, -0.25) is 14.4 Å². The molecule has 0 unspecified atom stereocenters. The van der Waals surface area contributed by atoms with Crippen LogP contribution in [0.2, 0.25) is 0 Å². The lowest BCUT2D eigenvalue weighted by atomic mass is 10.1. The molecule has 2 heterocycles. The van der Waals surface area contributed by atoms with Crippen LogP contribution in [-0.2, 0) is 9.59 Å². The molecule has 2 aromatic rings. The summed E-state index contributed by atoms with van der Waals surface area (Å²) in [5.41, 5.74) is 2.41. The molecule has 172 valence electrons. The summed E-state index contributed by atoms with van der Waals surface area (Å²) in [7, 11) is 0. The summed E-state index contributed by atoms with van der Waals surface area (Å²) in [6.45, 7) is 2.98. The van der Waals surface area contributed by atoms with Gasteiger partial charge < -0.3 is 20.0 Å². The Balaban J connectivity index is 1.59. The first-order chi connectivity index (χ1) is 15.9. The summed E-state index contributed by atoms with van der Waals surface area (Å²) in [6, 6.07) is 13.7. The van der Waals surface area contributed by atoms with Gasteiger partial charge in [-0.2, -0.15) is 0 Å². The van der Waals surface area contributed by atoms with Crippen LogP contribution in [0.4, 0.5) is 16.2 Å². The number of carbonyl (C=O) groups excluding carboxylic acids is 4. The molecule has 2 aliphatic rings. The van der Waals surface area contributed by atoms with E-state index in [-0.39, 0.29) is 37.7 Å². The number of nitrogens with one attached hydrogen (secondary N) is 1. The van der Waals surface area contributed by atoms with E-state index in [0.717, 1.165) is 18.4 Å². The van der Waals surface area contributed by atoms with E-state index in [1.165, 1.54) is 9.80 Å². The Kier molecular flexibility index (Phi) is 6.72. The van der Waals surface area contributed by atoms with Crippen LogP contribution in [0, 0.1) is 6.92 Å². The van der Waals surface area contributed by atoms with Crippen LogP contribution in [-0.4, -0.2) is 66.2 Å². The predicted octanol–water partition coefficient (Wildman–Crippen LogP) is 3.07. The SMILES string of the molecule is Cc1cccc(NC(=O)N2CCC(=O)c3ccccc3N(CC(=O)N3CCCC3)C(=O)C2)c1. The van der Waals surface area contributed by atoms with Gasteiger partial charge in [0, 0.05) is 37.3 Å². The standard InChI is InChI=1S/C25H28N4O4/c1-18-7-6-8-19(15-18)26-25(33)28-14-11-22(30)20-9-2-3-10-21(20)29(24(32)16-28)17-23(31)27-12-4-5-13-27/h2-3,6-10,15H,4-5,11-14,16-17H2,1H3,(H,26,33). The van der Waals surface area contributed by atoms with Crippen molar-refractivity contribution >= 4 is 35.0 Å². The van der Waals surface area contributed by atoms with Gasteiger partial charge in [-0.25, -0.2) is 4.79 Å². The van der Waals surface area contributed by atoms with Gasteiger partial charge in [-0.05, 0) is 49.6 Å². The van der Waals surface area contributed by atoms with Crippen molar-refractivity contribution in [2.24, 2.45) is 0 Å². The van der Waals surface area contributed by atoms with Gasteiger partial charge in [-0.1, -0.05) is 24.3 Å². The van der Waals surface area contributed by atoms with Gasteiger partial charge in [0.25, 0.3) is 0 Å². The van der Waals surface area contributed by atoms with Gasteiger partial charge in [0.15, 0.2) is 5.78 Å². The van der Waals surface area contributed by atoms with Crippen LogP contribution in [0.15, 0.2) is 48.5 Å². The number of urea groups is 1. The Morgan fingerprint density at radius 1 is 0.939 bits per heavy atom. The molecular weight excluding hydrogens is 420 g/mol. The number of amides is 4. The van der Waals surface area contributed by atoms with E-state index in [0.29, 0.717) is 30.0 Å². The normalized spacial score (nSPS) is 16.7. The molecule has 0 aliphatic carbocycles. The van der Waals surface area contributed by atoms with E-state index >= 15 is 0 Å². The predicted molar refractivity (Wildman–Crippen MR) is 125 cm³/mol. The fourth-order valence-corrected chi connectivity index (χ4v) is 4.25. The van der Waals surface area contributed by atoms with Crippen LogP contribution >= 0.6 is 0 Å². The molecule has 8 heteroatoms. The van der Waals surface area contributed by atoms with Gasteiger partial charge >= 0.3 is 6.03 Å². The fourth-order valence-electron chi connectivity index (χ4n) is 4.25. The number of ketones is 1. The summed E-state index contributed by atoms with van der Waals surface area (Å²) >= 11 is 0. The second-order valence-corrected chi connectivity index (χ2v) is 8.48. The van der Waals surface area contributed by atoms with Crippen molar-refractivity contribution in [1.82, 2.24) is 9.80 Å². The summed E-state index contributed by atoms with van der Waals surface area (Å²) in [4.78, 5) is 56.7. The van der Waals surface area contributed by atoms with E-state index in [1.807, 2.05) is 25.1 Å². The molecule has 4 amide bonds. The van der Waals surface area contributed by atoms with Crippen LogP contribution in [0.5, 0.6) is 0 Å². The molecule has 0 aromatic heterocycles. The molecule has 0 saturated carbocycles. The molecule has 33 heavy (non-hydrogen) atoms. The van der Waals surface area contributed by atoms with Crippen LogP contribution in [0.1, 0.15) is 35.2 Å². The number of carbonyl (C=O) groups is 4. The van der Waals surface area contributed by atoms with Crippen molar-refractivity contribution in [1.29, 1.82) is 0 Å². The smallest absolute Gasteiger partial charge is 0.322 e. The van der Waals surface area contributed by atoms with Crippen molar-refractivity contribution in [2.45, 2.75) is 26.2 Å². The maximum Gasteiger partial charge on any atom is 0.322 e. The highest BCUT2D eigenvalue weighted by Crippen LogP contribution is 2.25. The Morgan fingerprint density at radius 3 is 2.45 bits per heavy atom. The molecule has 0 spiro atoms. The lowest BCUT2D eigenvalue weighted by Gasteiger charge is -2.28. The van der Waals surface area contributed by atoms with Crippen molar-refractivity contribution in [2.75, 3.05) is 42.9 Å². The molecule has 2 aliphatic heterocycles. The molecule has 0 bridgehead atoms. The van der Waals surface area contributed by atoms with Gasteiger partial charge in [0.05, 0.1) is 5.69 Å². The average Bonchev–Trinajstić information content (AvgIpc) is 3.35. The number of anilines is 2. The lowest BCUT2D eigenvalue weighted by Crippen LogP contribution is -2.48. The summed E-state index contributed by atoms with van der Waals surface area (Å²) in [5, 5.41) is 2.81. The first-order valence-electron chi connectivity index (χ1n) is 11.3. The molecule has 1 fully saturated rings. The Hall–Kier alpha value is -3.68. The van der Waals surface area contributed by atoms with Crippen molar-refractivity contribution in [3.63, 3.8) is 0 Å². The summed E-state index contributed by atoms with van der Waals surface area (Å²) in [5.74, 6) is -0.727. The van der Waals surface area contributed by atoms with E-state index in [2.05, 4.69) is 5.32 Å². The zero-order chi connectivity index (χ0) is 23.4. The second-order valence-electron chi connectivity index (χ2n) is 8.48. The molecule has 0 radical (unpaired) electrons. The van der Waals surface area contributed by atoms with E-state index in [1.54, 1.807) is 35.2 Å². The van der Waals surface area contributed by atoms with Crippen LogP contribution < -0.4 is 10.2 Å². The Bertz CT molecular complexity index is 1080. The minimum absolute atomic E-state index is 0.0828. The molecule has 8 nitrogen and oxygen atoms in total. The fraction of sp³-hybridized carbons (Fsp3) is 0.360. The molecule has 2 aromatic carbocycles. The number of hydrogen-bond donors (Lipinski definition) is 1. The maximum absolute atomic E-state index is 13.4. The molecule has 0 atom stereocenters. The second kappa shape index (κ2) is 9.85. The van der Waals surface area contributed by atoms with Crippen LogP contribution in [0.25, 0.3) is 0 Å². The van der Waals surface area contributed by atoms with E-state index < -0.39 is 11.9 Å². The minimum Gasteiger partial charge on any atom is -0.341 e. The van der Waals surface area contributed by atoms with Gasteiger partial charge in [0.1, 0.15) is 13.1 Å². The summed E-state index contributed by atoms with van der Waals surface area (Å²) < 4.78 is 0. The third-order valence-corrected chi connectivity index (χ3v) is 6.04. The quantitative estimate of drug-likeness (QED) is 0.782. The Morgan fingerprint density at radius 2 is 1.70 bits per heavy atom. The van der Waals surface area contributed by atoms with Crippen molar-refractivity contribution in [3.05, 3.63) is 59.7 Å². The van der Waals surface area contributed by atoms with Crippen molar-refractivity contribution in [3.8, 4) is 0 Å². The van der Waals surface area contributed by atoms with Gasteiger partial charge in [0.2, 0.25) is 11.8 Å². The molecule has 4 rings (SSSR count). The summed E-state index contributed by atoms with van der Waals surface area (Å²) in [6.07, 6.45) is 1.97. The zero-order valence-corrected chi connectivity index (χ0v) is 18.8. The first kappa shape index (κ1) is 22.5. The topological polar surface area (TPSA) is 90.0 Å². The number of aryl methyl sites for hydroxylation is 1. The molecule has 1 N–H and O–H groups in total. The third kappa shape index (κ3) is 5.22. The largest absolute Gasteiger partial charge is 0.341 e. The number of rotatable bonds is 3. The number of Topliss-reactive ketones (excluding diaryl/α,β-unsaturated/α-hetero) is 1. The highest BCUT2D eigenvalue weighted by atomic mass is 16.2. The highest BCUT2D eigenvalue weighted by molar-refractivity contribution is 6.09. The number of para-hydroxylation sites is 1. The number of likely N-dealkylation sites (tertiary alicyclic amines) is 1. The molecule has 1 saturated heterocycles. The van der Waals surface area contributed by atoms with E-state index in [9.17, 15) is 19.2 Å². The average molecular weight is 449 g/mol. The minimum atomic E-state index is -0.460. The Labute approximate surface area is 193 Å². The van der Waals surface area contributed by atoms with Gasteiger partial charge in [-0.15, -0.1) is 0 Å². The zero-order valence-electron chi connectivity index (χ0n) is 18.8. The first-order valence-corrected chi connectivity index (χ1v) is 11.3. The highest BCUT2D eigenvalue weighted by Gasteiger charge is 2.31. The monoisotopic (exact) mass is 448 g/mol. The number of nitrogens with zero attached hydrogens (tertiary/aromatic N) is 3. The number of benzene rings is 2. The van der Waals surface area contributed by atoms with E-state index in [4.69, 9.17) is 0 Å². The maximum atomic E-state index is 13.4.